The lowest BCUT2D eigenvalue weighted by Gasteiger charge is -2.40. The molecule has 2 aliphatic rings. The third kappa shape index (κ3) is 2.23. The number of rotatable bonds is 2. The fraction of sp³-hybridized carbons (Fsp3) is 0.800. The van der Waals surface area contributed by atoms with E-state index in [1.54, 1.807) is 0 Å². The van der Waals surface area contributed by atoms with Crippen LogP contribution in [0.4, 0.5) is 13.2 Å². The summed E-state index contributed by atoms with van der Waals surface area (Å²) in [5.74, 6) is -3.27. The second-order valence-electron chi connectivity index (χ2n) is 4.74. The summed E-state index contributed by atoms with van der Waals surface area (Å²) in [6.45, 7) is 0. The minimum absolute atomic E-state index is 0.109. The average molecular weight is 251 g/mol. The molecule has 4 atom stereocenters. The van der Waals surface area contributed by atoms with Crippen LogP contribution in [0.3, 0.4) is 0 Å². The molecule has 0 aromatic rings. The standard InChI is InChI=1S/C10H12F3NO3/c11-10(12,13)9(17)14-7-3-4-1-5(8(15)16)2-6(4)7/h4-7H,1-3H2,(H,14,17)(H,15,16)/t4-,5+,6-,7-/m0/s1. The van der Waals surface area contributed by atoms with Crippen molar-refractivity contribution in [1.29, 1.82) is 0 Å². The van der Waals surface area contributed by atoms with E-state index in [9.17, 15) is 22.8 Å². The van der Waals surface area contributed by atoms with Gasteiger partial charge < -0.3 is 10.4 Å². The largest absolute Gasteiger partial charge is 0.481 e. The molecule has 0 radical (unpaired) electrons. The third-order valence-corrected chi connectivity index (χ3v) is 3.75. The van der Waals surface area contributed by atoms with Gasteiger partial charge in [-0.25, -0.2) is 0 Å². The topological polar surface area (TPSA) is 66.4 Å². The first kappa shape index (κ1) is 12.2. The molecule has 0 unspecified atom stereocenters. The Bertz CT molecular complexity index is 355. The van der Waals surface area contributed by atoms with Crippen molar-refractivity contribution in [3.8, 4) is 0 Å². The van der Waals surface area contributed by atoms with Gasteiger partial charge in [-0.05, 0) is 31.1 Å². The van der Waals surface area contributed by atoms with Gasteiger partial charge in [-0.1, -0.05) is 0 Å². The van der Waals surface area contributed by atoms with Crippen molar-refractivity contribution in [3.05, 3.63) is 0 Å². The van der Waals surface area contributed by atoms with Crippen LogP contribution in [0.1, 0.15) is 19.3 Å². The van der Waals surface area contributed by atoms with Crippen molar-refractivity contribution >= 4 is 11.9 Å². The number of nitrogens with one attached hydrogen (secondary N) is 1. The molecular formula is C10H12F3NO3. The predicted molar refractivity (Wildman–Crippen MR) is 49.9 cm³/mol. The molecule has 0 spiro atoms. The van der Waals surface area contributed by atoms with Crippen molar-refractivity contribution in [1.82, 2.24) is 5.32 Å². The zero-order chi connectivity index (χ0) is 12.8. The number of carboxylic acid groups (broad SMARTS) is 1. The van der Waals surface area contributed by atoms with Gasteiger partial charge in [0.25, 0.3) is 0 Å². The Hall–Kier alpha value is -1.27. The van der Waals surface area contributed by atoms with E-state index in [1.165, 1.54) is 0 Å². The molecular weight excluding hydrogens is 239 g/mol. The SMILES string of the molecule is O=C(O)[C@@H]1C[C@H]2C[C@H](NC(=O)C(F)(F)F)[C@H]2C1. The molecule has 2 rings (SSSR count). The summed E-state index contributed by atoms with van der Waals surface area (Å²) in [6, 6.07) is -0.515. The van der Waals surface area contributed by atoms with E-state index in [0.29, 0.717) is 19.3 Å². The zero-order valence-corrected chi connectivity index (χ0v) is 8.83. The van der Waals surface area contributed by atoms with Crippen LogP contribution < -0.4 is 5.32 Å². The van der Waals surface area contributed by atoms with Gasteiger partial charge in [0.05, 0.1) is 5.92 Å². The van der Waals surface area contributed by atoms with Gasteiger partial charge in [-0.2, -0.15) is 13.2 Å². The number of halogens is 3. The molecule has 2 aliphatic carbocycles. The lowest BCUT2D eigenvalue weighted by Crippen LogP contribution is -2.53. The number of alkyl halides is 3. The maximum atomic E-state index is 12.0. The molecule has 2 fully saturated rings. The second kappa shape index (κ2) is 3.89. The first-order valence-corrected chi connectivity index (χ1v) is 5.39. The van der Waals surface area contributed by atoms with Crippen molar-refractivity contribution in [2.75, 3.05) is 0 Å². The average Bonchev–Trinajstić information content (AvgIpc) is 2.50. The molecule has 0 aliphatic heterocycles. The Kier molecular flexibility index (Phi) is 2.79. The van der Waals surface area contributed by atoms with Gasteiger partial charge in [-0.3, -0.25) is 9.59 Å². The fourth-order valence-corrected chi connectivity index (χ4v) is 2.84. The Morgan fingerprint density at radius 1 is 1.18 bits per heavy atom. The van der Waals surface area contributed by atoms with E-state index in [1.807, 2.05) is 5.32 Å². The monoisotopic (exact) mass is 251 g/mol. The van der Waals surface area contributed by atoms with Gasteiger partial charge in [0, 0.05) is 6.04 Å². The summed E-state index contributed by atoms with van der Waals surface area (Å²) in [5.41, 5.74) is 0. The predicted octanol–water partition coefficient (Wildman–Crippen LogP) is 1.16. The molecule has 4 nitrogen and oxygen atoms in total. The van der Waals surface area contributed by atoms with Crippen molar-refractivity contribution in [3.63, 3.8) is 0 Å². The molecule has 17 heavy (non-hydrogen) atoms. The van der Waals surface area contributed by atoms with Crippen molar-refractivity contribution in [2.24, 2.45) is 17.8 Å². The highest BCUT2D eigenvalue weighted by Crippen LogP contribution is 2.49. The summed E-state index contributed by atoms with van der Waals surface area (Å²) in [7, 11) is 0. The molecule has 0 aromatic heterocycles. The Labute approximate surface area is 95.2 Å². The Morgan fingerprint density at radius 3 is 2.35 bits per heavy atom. The first-order valence-electron chi connectivity index (χ1n) is 5.39. The number of amides is 1. The summed E-state index contributed by atoms with van der Waals surface area (Å²) in [5, 5.41) is 10.7. The van der Waals surface area contributed by atoms with Crippen LogP contribution in [0.15, 0.2) is 0 Å². The number of hydrogen-bond acceptors (Lipinski definition) is 2. The van der Waals surface area contributed by atoms with E-state index < -0.39 is 30.0 Å². The number of fused-ring (bicyclic) bond motifs is 1. The quantitative estimate of drug-likeness (QED) is 0.774. The lowest BCUT2D eigenvalue weighted by atomic mass is 9.71. The molecule has 0 heterocycles. The highest BCUT2D eigenvalue weighted by molar-refractivity contribution is 5.82. The van der Waals surface area contributed by atoms with Gasteiger partial charge in [0.15, 0.2) is 0 Å². The van der Waals surface area contributed by atoms with Crippen LogP contribution >= 0.6 is 0 Å². The molecule has 0 bridgehead atoms. The van der Waals surface area contributed by atoms with E-state index >= 15 is 0 Å². The van der Waals surface area contributed by atoms with Gasteiger partial charge in [0.2, 0.25) is 0 Å². The van der Waals surface area contributed by atoms with Crippen LogP contribution in [0.2, 0.25) is 0 Å². The number of hydrogen-bond donors (Lipinski definition) is 2. The Morgan fingerprint density at radius 2 is 1.82 bits per heavy atom. The van der Waals surface area contributed by atoms with E-state index in [4.69, 9.17) is 5.11 Å². The van der Waals surface area contributed by atoms with E-state index in [2.05, 4.69) is 0 Å². The molecule has 2 N–H and O–H groups in total. The highest BCUT2D eigenvalue weighted by Gasteiger charge is 2.52. The normalized spacial score (nSPS) is 35.9. The smallest absolute Gasteiger partial charge is 0.471 e. The van der Waals surface area contributed by atoms with Gasteiger partial charge in [0.1, 0.15) is 0 Å². The van der Waals surface area contributed by atoms with Crippen molar-refractivity contribution in [2.45, 2.75) is 31.5 Å². The minimum atomic E-state index is -4.87. The van der Waals surface area contributed by atoms with E-state index in [-0.39, 0.29) is 11.8 Å². The summed E-state index contributed by atoms with van der Waals surface area (Å²) in [4.78, 5) is 21.5. The summed E-state index contributed by atoms with van der Waals surface area (Å²) >= 11 is 0. The summed E-state index contributed by atoms with van der Waals surface area (Å²) in [6.07, 6.45) is -3.53. The highest BCUT2D eigenvalue weighted by atomic mass is 19.4. The number of carbonyl (C=O) groups is 2. The molecule has 0 aromatic carbocycles. The molecule has 1 amide bonds. The molecule has 96 valence electrons. The van der Waals surface area contributed by atoms with Crippen molar-refractivity contribution < 1.29 is 27.9 Å². The van der Waals surface area contributed by atoms with Crippen LogP contribution in [0, 0.1) is 17.8 Å². The lowest BCUT2D eigenvalue weighted by molar-refractivity contribution is -0.175. The number of aliphatic carboxylic acids is 1. The fourth-order valence-electron chi connectivity index (χ4n) is 2.84. The van der Waals surface area contributed by atoms with Gasteiger partial charge >= 0.3 is 18.1 Å². The number of carbonyl (C=O) groups excluding carboxylic acids is 1. The Balaban J connectivity index is 1.88. The molecule has 0 saturated heterocycles. The summed E-state index contributed by atoms with van der Waals surface area (Å²) < 4.78 is 36.0. The van der Waals surface area contributed by atoms with Crippen LogP contribution in [-0.4, -0.2) is 29.2 Å². The second-order valence-corrected chi connectivity index (χ2v) is 4.74. The van der Waals surface area contributed by atoms with Crippen LogP contribution in [-0.2, 0) is 9.59 Å². The maximum absolute atomic E-state index is 12.0. The molecule has 2 saturated carbocycles. The van der Waals surface area contributed by atoms with Crippen LogP contribution in [0.5, 0.6) is 0 Å². The minimum Gasteiger partial charge on any atom is -0.481 e. The molecule has 7 heteroatoms. The third-order valence-electron chi connectivity index (χ3n) is 3.75. The first-order chi connectivity index (χ1) is 7.79. The van der Waals surface area contributed by atoms with Crippen LogP contribution in [0.25, 0.3) is 0 Å². The van der Waals surface area contributed by atoms with E-state index in [0.717, 1.165) is 0 Å². The zero-order valence-electron chi connectivity index (χ0n) is 8.83. The number of carboxylic acids is 1. The van der Waals surface area contributed by atoms with Gasteiger partial charge in [-0.15, -0.1) is 0 Å². The maximum Gasteiger partial charge on any atom is 0.471 e.